The molecule has 0 radical (unpaired) electrons. The summed E-state index contributed by atoms with van der Waals surface area (Å²) >= 11 is 0. The molecule has 76 heavy (non-hydrogen) atoms. The second-order valence-corrected chi connectivity index (χ2v) is 24.2. The fourth-order valence-corrected chi connectivity index (χ4v) is 11.1. The standard InChI is InChI=1S/C70H136O6/c1-4-7-10-13-16-19-22-25-28-31-34-35-37-39-42-45-48-51-54-57-60-63-69(72)75-66-67(65-74-68(71)62-59-56-53-50-47-44-41-38-33-30-27-24-21-18-15-12-9-6-3)76-70(73)64-61-58-55-52-49-46-43-40-36-32-29-26-23-20-17-14-11-8-5-2/h67H,4-66H2,1-3H3. The van der Waals surface area contributed by atoms with Crippen molar-refractivity contribution < 1.29 is 28.6 Å². The Morgan fingerprint density at radius 1 is 0.211 bits per heavy atom. The van der Waals surface area contributed by atoms with Gasteiger partial charge in [-0.1, -0.05) is 374 Å². The van der Waals surface area contributed by atoms with Gasteiger partial charge in [-0.05, 0) is 19.3 Å². The number of carbonyl (C=O) groups is 3. The van der Waals surface area contributed by atoms with Gasteiger partial charge in [-0.2, -0.15) is 0 Å². The summed E-state index contributed by atoms with van der Waals surface area (Å²) in [6, 6.07) is 0. The van der Waals surface area contributed by atoms with Gasteiger partial charge in [-0.25, -0.2) is 0 Å². The summed E-state index contributed by atoms with van der Waals surface area (Å²) in [6.07, 6.45) is 76.9. The Bertz CT molecular complexity index is 1140. The fraction of sp³-hybridized carbons (Fsp3) is 0.957. The molecule has 0 aromatic heterocycles. The van der Waals surface area contributed by atoms with Crippen molar-refractivity contribution in [2.24, 2.45) is 0 Å². The van der Waals surface area contributed by atoms with Crippen molar-refractivity contribution in [3.8, 4) is 0 Å². The Kier molecular flexibility index (Phi) is 64.5. The largest absolute Gasteiger partial charge is 0.462 e. The summed E-state index contributed by atoms with van der Waals surface area (Å²) in [5.41, 5.74) is 0. The SMILES string of the molecule is CCCCCCCCCCCCCCCCCCCCCCCC(=O)OCC(COC(=O)CCCCCCCCCCCCCCCCCCCC)OC(=O)CCCCCCCCCCCCCCCCCCCCC. The molecule has 0 saturated heterocycles. The van der Waals surface area contributed by atoms with Gasteiger partial charge < -0.3 is 14.2 Å². The zero-order valence-corrected chi connectivity index (χ0v) is 52.1. The summed E-state index contributed by atoms with van der Waals surface area (Å²) < 4.78 is 17.0. The minimum Gasteiger partial charge on any atom is -0.462 e. The van der Waals surface area contributed by atoms with E-state index in [2.05, 4.69) is 20.8 Å². The van der Waals surface area contributed by atoms with Crippen LogP contribution < -0.4 is 0 Å². The smallest absolute Gasteiger partial charge is 0.306 e. The van der Waals surface area contributed by atoms with Crippen molar-refractivity contribution >= 4 is 17.9 Å². The molecule has 0 aromatic carbocycles. The van der Waals surface area contributed by atoms with Crippen LogP contribution in [0.3, 0.4) is 0 Å². The summed E-state index contributed by atoms with van der Waals surface area (Å²) in [7, 11) is 0. The first-order valence-electron chi connectivity index (χ1n) is 35.0. The molecule has 0 heterocycles. The van der Waals surface area contributed by atoms with Crippen LogP contribution in [-0.2, 0) is 28.6 Å². The monoisotopic (exact) mass is 1070 g/mol. The number of ether oxygens (including phenoxy) is 3. The number of rotatable bonds is 66. The van der Waals surface area contributed by atoms with E-state index in [0.29, 0.717) is 19.3 Å². The number of hydrogen-bond donors (Lipinski definition) is 0. The van der Waals surface area contributed by atoms with Gasteiger partial charge in [0.15, 0.2) is 6.10 Å². The molecular weight excluding hydrogens is 937 g/mol. The zero-order valence-electron chi connectivity index (χ0n) is 52.1. The van der Waals surface area contributed by atoms with Gasteiger partial charge in [-0.3, -0.25) is 14.4 Å². The number of unbranched alkanes of at least 4 members (excludes halogenated alkanes) is 55. The zero-order chi connectivity index (χ0) is 55.0. The van der Waals surface area contributed by atoms with E-state index in [9.17, 15) is 14.4 Å². The Labute approximate surface area is 476 Å². The third kappa shape index (κ3) is 63.2. The normalized spacial score (nSPS) is 11.9. The molecule has 0 spiro atoms. The van der Waals surface area contributed by atoms with E-state index in [1.807, 2.05) is 0 Å². The maximum Gasteiger partial charge on any atom is 0.306 e. The third-order valence-electron chi connectivity index (χ3n) is 16.4. The van der Waals surface area contributed by atoms with Crippen LogP contribution in [0.25, 0.3) is 0 Å². The van der Waals surface area contributed by atoms with E-state index >= 15 is 0 Å². The van der Waals surface area contributed by atoms with Crippen molar-refractivity contribution in [1.82, 2.24) is 0 Å². The Morgan fingerprint density at radius 2 is 0.355 bits per heavy atom. The highest BCUT2D eigenvalue weighted by atomic mass is 16.6. The van der Waals surface area contributed by atoms with Gasteiger partial charge >= 0.3 is 17.9 Å². The number of carbonyl (C=O) groups excluding carboxylic acids is 3. The van der Waals surface area contributed by atoms with Gasteiger partial charge in [0.25, 0.3) is 0 Å². The summed E-state index contributed by atoms with van der Waals surface area (Å²) in [4.78, 5) is 38.4. The van der Waals surface area contributed by atoms with Crippen LogP contribution in [0.15, 0.2) is 0 Å². The molecular formula is C70H136O6. The Morgan fingerprint density at radius 3 is 0.526 bits per heavy atom. The molecule has 0 aromatic rings. The number of hydrogen-bond acceptors (Lipinski definition) is 6. The minimum absolute atomic E-state index is 0.0600. The van der Waals surface area contributed by atoms with Crippen LogP contribution in [0.2, 0.25) is 0 Å². The van der Waals surface area contributed by atoms with Crippen molar-refractivity contribution in [2.75, 3.05) is 13.2 Å². The molecule has 6 nitrogen and oxygen atoms in total. The molecule has 0 aliphatic carbocycles. The topological polar surface area (TPSA) is 78.9 Å². The number of esters is 3. The highest BCUT2D eigenvalue weighted by Crippen LogP contribution is 2.19. The highest BCUT2D eigenvalue weighted by molar-refractivity contribution is 5.71. The van der Waals surface area contributed by atoms with Crippen molar-refractivity contribution in [2.45, 2.75) is 419 Å². The first-order chi connectivity index (χ1) is 37.5. The molecule has 0 aliphatic rings. The second-order valence-electron chi connectivity index (χ2n) is 24.2. The van der Waals surface area contributed by atoms with E-state index < -0.39 is 6.10 Å². The fourth-order valence-electron chi connectivity index (χ4n) is 11.1. The molecule has 0 rings (SSSR count). The minimum atomic E-state index is -0.763. The van der Waals surface area contributed by atoms with Crippen molar-refractivity contribution in [1.29, 1.82) is 0 Å². The molecule has 452 valence electrons. The third-order valence-corrected chi connectivity index (χ3v) is 16.4. The second kappa shape index (κ2) is 65.9. The van der Waals surface area contributed by atoms with E-state index in [1.54, 1.807) is 0 Å². The lowest BCUT2D eigenvalue weighted by atomic mass is 10.0. The van der Waals surface area contributed by atoms with Gasteiger partial charge in [0.1, 0.15) is 13.2 Å². The molecule has 0 amide bonds. The lowest BCUT2D eigenvalue weighted by Crippen LogP contribution is -2.30. The molecule has 1 unspecified atom stereocenters. The first kappa shape index (κ1) is 74.4. The van der Waals surface area contributed by atoms with Crippen LogP contribution >= 0.6 is 0 Å². The average molecular weight is 1070 g/mol. The van der Waals surface area contributed by atoms with Crippen LogP contribution in [0, 0.1) is 0 Å². The van der Waals surface area contributed by atoms with Gasteiger partial charge in [-0.15, -0.1) is 0 Å². The van der Waals surface area contributed by atoms with Gasteiger partial charge in [0, 0.05) is 19.3 Å². The van der Waals surface area contributed by atoms with E-state index in [-0.39, 0.29) is 31.1 Å². The highest BCUT2D eigenvalue weighted by Gasteiger charge is 2.19. The maximum atomic E-state index is 12.9. The lowest BCUT2D eigenvalue weighted by Gasteiger charge is -2.18. The van der Waals surface area contributed by atoms with Gasteiger partial charge in [0.05, 0.1) is 0 Å². The van der Waals surface area contributed by atoms with Crippen LogP contribution in [0.5, 0.6) is 0 Å². The Hall–Kier alpha value is -1.59. The molecule has 6 heteroatoms. The van der Waals surface area contributed by atoms with Crippen LogP contribution in [-0.4, -0.2) is 37.2 Å². The molecule has 0 bridgehead atoms. The quantitative estimate of drug-likeness (QED) is 0.0343. The Balaban J connectivity index is 4.26. The molecule has 0 aliphatic heterocycles. The van der Waals surface area contributed by atoms with Crippen LogP contribution in [0.4, 0.5) is 0 Å². The first-order valence-corrected chi connectivity index (χ1v) is 35.0. The molecule has 0 fully saturated rings. The summed E-state index contributed by atoms with van der Waals surface area (Å²) in [5, 5.41) is 0. The average Bonchev–Trinajstić information content (AvgIpc) is 3.42. The van der Waals surface area contributed by atoms with E-state index in [0.717, 1.165) is 57.8 Å². The van der Waals surface area contributed by atoms with E-state index in [4.69, 9.17) is 14.2 Å². The summed E-state index contributed by atoms with van der Waals surface area (Å²) in [5.74, 6) is -0.818. The van der Waals surface area contributed by atoms with Crippen molar-refractivity contribution in [3.05, 3.63) is 0 Å². The predicted molar refractivity (Wildman–Crippen MR) is 330 cm³/mol. The van der Waals surface area contributed by atoms with E-state index in [1.165, 1.54) is 315 Å². The maximum absolute atomic E-state index is 12.9. The van der Waals surface area contributed by atoms with Crippen molar-refractivity contribution in [3.63, 3.8) is 0 Å². The predicted octanol–water partition coefficient (Wildman–Crippen LogP) is 23.8. The summed E-state index contributed by atoms with van der Waals surface area (Å²) in [6.45, 7) is 6.75. The molecule has 0 N–H and O–H groups in total. The molecule has 0 saturated carbocycles. The van der Waals surface area contributed by atoms with Gasteiger partial charge in [0.2, 0.25) is 0 Å². The molecule has 1 atom stereocenters. The van der Waals surface area contributed by atoms with Crippen LogP contribution in [0.1, 0.15) is 412 Å². The lowest BCUT2D eigenvalue weighted by molar-refractivity contribution is -0.167.